The maximum atomic E-state index is 12.1. The molecule has 19 heavy (non-hydrogen) atoms. The van der Waals surface area contributed by atoms with Crippen molar-refractivity contribution in [2.45, 2.75) is 26.2 Å². The Hall–Kier alpha value is -1.27. The molecule has 0 fully saturated rings. The highest BCUT2D eigenvalue weighted by atomic mass is 79.9. The van der Waals surface area contributed by atoms with Gasteiger partial charge in [0.2, 0.25) is 5.13 Å². The largest absolute Gasteiger partial charge is 0.296 e. The van der Waals surface area contributed by atoms with Crippen molar-refractivity contribution in [1.82, 2.24) is 10.2 Å². The van der Waals surface area contributed by atoms with Gasteiger partial charge in [0.15, 0.2) is 0 Å². The monoisotopic (exact) mass is 339 g/mol. The number of nitrogens with one attached hydrogen (secondary N) is 1. The molecule has 2 rings (SSSR count). The molecule has 0 saturated heterocycles. The molecule has 0 aliphatic carbocycles. The van der Waals surface area contributed by atoms with Crippen molar-refractivity contribution in [3.8, 4) is 0 Å². The summed E-state index contributed by atoms with van der Waals surface area (Å²) >= 11 is 4.79. The Morgan fingerprint density at radius 1 is 1.37 bits per heavy atom. The van der Waals surface area contributed by atoms with E-state index in [2.05, 4.69) is 38.4 Å². The van der Waals surface area contributed by atoms with Crippen molar-refractivity contribution < 1.29 is 4.79 Å². The van der Waals surface area contributed by atoms with Crippen LogP contribution in [0.25, 0.3) is 0 Å². The molecule has 1 N–H and O–H groups in total. The fourth-order valence-electron chi connectivity index (χ4n) is 1.54. The Labute approximate surface area is 124 Å². The summed E-state index contributed by atoms with van der Waals surface area (Å²) in [4.78, 5) is 12.1. The van der Waals surface area contributed by atoms with E-state index < -0.39 is 0 Å². The third-order valence-electron chi connectivity index (χ3n) is 2.55. The molecule has 2 aromatic rings. The maximum Gasteiger partial charge on any atom is 0.258 e. The number of halogens is 1. The van der Waals surface area contributed by atoms with Crippen molar-refractivity contribution in [2.75, 3.05) is 5.32 Å². The van der Waals surface area contributed by atoms with Gasteiger partial charge in [-0.2, -0.15) is 0 Å². The van der Waals surface area contributed by atoms with E-state index in [0.29, 0.717) is 10.7 Å². The molecule has 100 valence electrons. The lowest BCUT2D eigenvalue weighted by atomic mass is 10.2. The molecule has 0 radical (unpaired) electrons. The Balaban J connectivity index is 2.03. The number of unbranched alkanes of at least 4 members (excludes halogenated alkanes) is 1. The Morgan fingerprint density at radius 2 is 2.16 bits per heavy atom. The van der Waals surface area contributed by atoms with Crippen LogP contribution in [0.15, 0.2) is 28.7 Å². The number of hydrogen-bond acceptors (Lipinski definition) is 4. The first-order valence-electron chi connectivity index (χ1n) is 6.09. The van der Waals surface area contributed by atoms with Crippen LogP contribution in [0.4, 0.5) is 5.13 Å². The quantitative estimate of drug-likeness (QED) is 0.898. The van der Waals surface area contributed by atoms with Gasteiger partial charge in [-0.15, -0.1) is 10.2 Å². The predicted molar refractivity (Wildman–Crippen MR) is 80.6 cm³/mol. The normalized spacial score (nSPS) is 10.4. The number of aromatic nitrogens is 2. The van der Waals surface area contributed by atoms with Gasteiger partial charge in [-0.05, 0) is 34.5 Å². The Morgan fingerprint density at radius 3 is 2.89 bits per heavy atom. The van der Waals surface area contributed by atoms with Gasteiger partial charge in [-0.3, -0.25) is 10.1 Å². The third kappa shape index (κ3) is 3.84. The highest BCUT2D eigenvalue weighted by Gasteiger charge is 2.12. The topological polar surface area (TPSA) is 54.9 Å². The van der Waals surface area contributed by atoms with Crippen LogP contribution in [-0.4, -0.2) is 16.1 Å². The number of amides is 1. The summed E-state index contributed by atoms with van der Waals surface area (Å²) in [5.74, 6) is -0.175. The number of anilines is 1. The summed E-state index contributed by atoms with van der Waals surface area (Å²) in [7, 11) is 0. The summed E-state index contributed by atoms with van der Waals surface area (Å²) < 4.78 is 0.767. The Kier molecular flexibility index (Phi) is 5.04. The van der Waals surface area contributed by atoms with E-state index in [-0.39, 0.29) is 5.91 Å². The minimum absolute atomic E-state index is 0.175. The number of rotatable bonds is 5. The van der Waals surface area contributed by atoms with Crippen molar-refractivity contribution in [2.24, 2.45) is 0 Å². The maximum absolute atomic E-state index is 12.1. The average Bonchev–Trinajstić information content (AvgIpc) is 2.84. The van der Waals surface area contributed by atoms with Gasteiger partial charge in [0, 0.05) is 10.9 Å². The lowest BCUT2D eigenvalue weighted by Crippen LogP contribution is -2.12. The SMILES string of the molecule is CCCCc1nnc(NC(=O)c2ccccc2Br)s1. The van der Waals surface area contributed by atoms with Crippen LogP contribution in [0.1, 0.15) is 35.1 Å². The van der Waals surface area contributed by atoms with Gasteiger partial charge in [-0.1, -0.05) is 36.8 Å². The molecule has 0 spiro atoms. The molecule has 0 saturated carbocycles. The highest BCUT2D eigenvalue weighted by Crippen LogP contribution is 2.20. The lowest BCUT2D eigenvalue weighted by molar-refractivity contribution is 0.102. The Bertz CT molecular complexity index is 571. The van der Waals surface area contributed by atoms with E-state index in [1.54, 1.807) is 6.07 Å². The van der Waals surface area contributed by atoms with Gasteiger partial charge in [0.25, 0.3) is 5.91 Å². The number of benzene rings is 1. The second-order valence-corrected chi connectivity index (χ2v) is 5.95. The number of nitrogens with zero attached hydrogens (tertiary/aromatic N) is 2. The minimum Gasteiger partial charge on any atom is -0.296 e. The lowest BCUT2D eigenvalue weighted by Gasteiger charge is -2.02. The highest BCUT2D eigenvalue weighted by molar-refractivity contribution is 9.10. The van der Waals surface area contributed by atoms with Crippen LogP contribution in [0, 0.1) is 0 Å². The standard InChI is InChI=1S/C13H14BrN3OS/c1-2-3-8-11-16-17-13(19-11)15-12(18)9-6-4-5-7-10(9)14/h4-7H,2-3,8H2,1H3,(H,15,17,18). The van der Waals surface area contributed by atoms with E-state index in [9.17, 15) is 4.79 Å². The second kappa shape index (κ2) is 6.77. The molecule has 1 heterocycles. The van der Waals surface area contributed by atoms with Crippen LogP contribution in [0.2, 0.25) is 0 Å². The summed E-state index contributed by atoms with van der Waals surface area (Å²) in [5.41, 5.74) is 0.591. The van der Waals surface area contributed by atoms with E-state index in [0.717, 1.165) is 28.7 Å². The van der Waals surface area contributed by atoms with E-state index in [1.165, 1.54) is 11.3 Å². The van der Waals surface area contributed by atoms with Crippen molar-refractivity contribution in [3.05, 3.63) is 39.3 Å². The number of hydrogen-bond donors (Lipinski definition) is 1. The first-order valence-corrected chi connectivity index (χ1v) is 7.70. The molecule has 1 aromatic heterocycles. The summed E-state index contributed by atoms with van der Waals surface area (Å²) in [6.07, 6.45) is 3.13. The van der Waals surface area contributed by atoms with Crippen molar-refractivity contribution in [3.63, 3.8) is 0 Å². The van der Waals surface area contributed by atoms with Gasteiger partial charge >= 0.3 is 0 Å². The number of aryl methyl sites for hydroxylation is 1. The molecule has 4 nitrogen and oxygen atoms in total. The van der Waals surface area contributed by atoms with Crippen LogP contribution in [0.3, 0.4) is 0 Å². The third-order valence-corrected chi connectivity index (χ3v) is 4.14. The fraction of sp³-hybridized carbons (Fsp3) is 0.308. The minimum atomic E-state index is -0.175. The van der Waals surface area contributed by atoms with Crippen LogP contribution in [-0.2, 0) is 6.42 Å². The number of carbonyl (C=O) groups excluding carboxylic acids is 1. The molecule has 0 bridgehead atoms. The van der Waals surface area contributed by atoms with E-state index in [1.807, 2.05) is 18.2 Å². The molecular weight excluding hydrogens is 326 g/mol. The van der Waals surface area contributed by atoms with Crippen LogP contribution in [0.5, 0.6) is 0 Å². The van der Waals surface area contributed by atoms with Gasteiger partial charge < -0.3 is 0 Å². The van der Waals surface area contributed by atoms with E-state index >= 15 is 0 Å². The van der Waals surface area contributed by atoms with E-state index in [4.69, 9.17) is 0 Å². The van der Waals surface area contributed by atoms with Crippen LogP contribution >= 0.6 is 27.3 Å². The molecule has 0 unspecified atom stereocenters. The zero-order valence-electron chi connectivity index (χ0n) is 10.5. The molecule has 1 amide bonds. The molecule has 0 aliphatic rings. The fourth-order valence-corrected chi connectivity index (χ4v) is 2.78. The first kappa shape index (κ1) is 14.1. The summed E-state index contributed by atoms with van der Waals surface area (Å²) in [5, 5.41) is 12.3. The zero-order chi connectivity index (χ0) is 13.7. The average molecular weight is 340 g/mol. The van der Waals surface area contributed by atoms with Gasteiger partial charge in [0.1, 0.15) is 5.01 Å². The van der Waals surface area contributed by atoms with Crippen LogP contribution < -0.4 is 5.32 Å². The van der Waals surface area contributed by atoms with Gasteiger partial charge in [-0.25, -0.2) is 0 Å². The first-order chi connectivity index (χ1) is 9.20. The predicted octanol–water partition coefficient (Wildman–Crippen LogP) is 3.90. The number of carbonyl (C=O) groups is 1. The second-order valence-electron chi connectivity index (χ2n) is 4.04. The van der Waals surface area contributed by atoms with Gasteiger partial charge in [0.05, 0.1) is 5.56 Å². The van der Waals surface area contributed by atoms with Crippen molar-refractivity contribution in [1.29, 1.82) is 0 Å². The summed E-state index contributed by atoms with van der Waals surface area (Å²) in [6.45, 7) is 2.14. The molecular formula is C13H14BrN3OS. The summed E-state index contributed by atoms with van der Waals surface area (Å²) in [6, 6.07) is 7.29. The molecule has 0 aliphatic heterocycles. The zero-order valence-corrected chi connectivity index (χ0v) is 12.9. The smallest absolute Gasteiger partial charge is 0.258 e. The molecule has 0 atom stereocenters. The van der Waals surface area contributed by atoms with Crippen molar-refractivity contribution >= 4 is 38.3 Å². The molecule has 6 heteroatoms. The molecule has 1 aromatic carbocycles.